The minimum Gasteiger partial charge on any atom is -0.322 e. The van der Waals surface area contributed by atoms with E-state index in [0.717, 1.165) is 11.3 Å². The summed E-state index contributed by atoms with van der Waals surface area (Å²) in [6.45, 7) is 0. The van der Waals surface area contributed by atoms with Crippen molar-refractivity contribution in [3.8, 4) is 0 Å². The van der Waals surface area contributed by atoms with E-state index in [2.05, 4.69) is 5.32 Å². The number of benzene rings is 1. The van der Waals surface area contributed by atoms with Crippen LogP contribution >= 0.6 is 11.3 Å². The first kappa shape index (κ1) is 12.2. The average molecular weight is 266 g/mol. The largest absolute Gasteiger partial charge is 0.324 e. The first-order valence-corrected chi connectivity index (χ1v) is 5.74. The Morgan fingerprint density at radius 3 is 2.78 bits per heavy atom. The van der Waals surface area contributed by atoms with Crippen LogP contribution in [0, 0.1) is 15.9 Å². The first-order valence-electron chi connectivity index (χ1n) is 4.86. The second-order valence-electron chi connectivity index (χ2n) is 3.40. The van der Waals surface area contributed by atoms with Gasteiger partial charge in [0, 0.05) is 17.1 Å². The summed E-state index contributed by atoms with van der Waals surface area (Å²) in [5, 5.41) is 14.2. The van der Waals surface area contributed by atoms with Crippen LogP contribution in [0.5, 0.6) is 0 Å². The number of nitrogens with zero attached hydrogens (tertiary/aromatic N) is 1. The van der Waals surface area contributed by atoms with Gasteiger partial charge in [-0.25, -0.2) is 4.39 Å². The number of anilines is 1. The van der Waals surface area contributed by atoms with Gasteiger partial charge in [-0.3, -0.25) is 14.9 Å². The molecule has 0 spiro atoms. The summed E-state index contributed by atoms with van der Waals surface area (Å²) < 4.78 is 12.9. The predicted molar refractivity (Wildman–Crippen MR) is 65.3 cm³/mol. The molecule has 0 aliphatic rings. The number of amides is 1. The maximum atomic E-state index is 12.9. The number of nitro groups is 1. The second-order valence-corrected chi connectivity index (χ2v) is 4.28. The molecule has 1 amide bonds. The second kappa shape index (κ2) is 4.92. The highest BCUT2D eigenvalue weighted by atomic mass is 32.1. The molecule has 5 nitrogen and oxygen atoms in total. The van der Waals surface area contributed by atoms with E-state index in [9.17, 15) is 19.3 Å². The van der Waals surface area contributed by atoms with Gasteiger partial charge in [0.2, 0.25) is 0 Å². The molecule has 0 fully saturated rings. The van der Waals surface area contributed by atoms with Gasteiger partial charge in [0.25, 0.3) is 5.91 Å². The van der Waals surface area contributed by atoms with Gasteiger partial charge in [-0.1, -0.05) is 17.4 Å². The number of hydrogen-bond donors (Lipinski definition) is 1. The molecular formula is C11H7FN2O3S. The fourth-order valence-electron chi connectivity index (χ4n) is 1.31. The van der Waals surface area contributed by atoms with E-state index < -0.39 is 16.6 Å². The molecule has 1 aromatic heterocycles. The molecule has 0 radical (unpaired) electrons. The molecule has 0 aliphatic heterocycles. The van der Waals surface area contributed by atoms with Crippen LogP contribution in [0.15, 0.2) is 35.7 Å². The minimum absolute atomic E-state index is 0.112. The SMILES string of the molecule is O=C(Nc1cccc(F)c1)c1csc([N+](=O)[O-])c1. The molecule has 2 aromatic rings. The van der Waals surface area contributed by atoms with E-state index in [0.29, 0.717) is 5.69 Å². The number of rotatable bonds is 3. The highest BCUT2D eigenvalue weighted by Gasteiger charge is 2.15. The Hall–Kier alpha value is -2.28. The zero-order valence-corrected chi connectivity index (χ0v) is 9.74. The fourth-order valence-corrected chi connectivity index (χ4v) is 2.01. The van der Waals surface area contributed by atoms with E-state index in [-0.39, 0.29) is 10.6 Å². The molecule has 0 unspecified atom stereocenters. The average Bonchev–Trinajstić information content (AvgIpc) is 2.78. The summed E-state index contributed by atoms with van der Waals surface area (Å²) >= 11 is 0.866. The molecule has 18 heavy (non-hydrogen) atoms. The minimum atomic E-state index is -0.566. The molecule has 0 aliphatic carbocycles. The molecule has 0 bridgehead atoms. The molecule has 1 aromatic carbocycles. The van der Waals surface area contributed by atoms with Crippen molar-refractivity contribution in [1.29, 1.82) is 0 Å². The van der Waals surface area contributed by atoms with Crippen LogP contribution in [0.25, 0.3) is 0 Å². The summed E-state index contributed by atoms with van der Waals surface area (Å²) in [5.74, 6) is -0.978. The third-order valence-corrected chi connectivity index (χ3v) is 2.99. The summed E-state index contributed by atoms with van der Waals surface area (Å²) in [6.07, 6.45) is 0. The van der Waals surface area contributed by atoms with Gasteiger partial charge in [-0.05, 0) is 18.2 Å². The van der Waals surface area contributed by atoms with E-state index >= 15 is 0 Å². The van der Waals surface area contributed by atoms with Crippen molar-refractivity contribution in [2.45, 2.75) is 0 Å². The molecule has 92 valence electrons. The fraction of sp³-hybridized carbons (Fsp3) is 0. The summed E-state index contributed by atoms with van der Waals surface area (Å²) in [5.41, 5.74) is 0.477. The predicted octanol–water partition coefficient (Wildman–Crippen LogP) is 3.05. The summed E-state index contributed by atoms with van der Waals surface area (Å²) in [4.78, 5) is 21.6. The van der Waals surface area contributed by atoms with Crippen LogP contribution < -0.4 is 5.32 Å². The van der Waals surface area contributed by atoms with Crippen LogP contribution in [0.2, 0.25) is 0 Å². The Bertz CT molecular complexity index is 612. The lowest BCUT2D eigenvalue weighted by Crippen LogP contribution is -2.10. The van der Waals surface area contributed by atoms with Crippen LogP contribution in [0.1, 0.15) is 10.4 Å². The number of nitrogens with one attached hydrogen (secondary N) is 1. The van der Waals surface area contributed by atoms with E-state index in [1.807, 2.05) is 0 Å². The molecule has 7 heteroatoms. The zero-order valence-electron chi connectivity index (χ0n) is 8.92. The van der Waals surface area contributed by atoms with Gasteiger partial charge in [0.15, 0.2) is 0 Å². The topological polar surface area (TPSA) is 72.2 Å². The molecule has 0 atom stereocenters. The van der Waals surface area contributed by atoms with Gasteiger partial charge in [0.1, 0.15) is 5.82 Å². The van der Waals surface area contributed by atoms with Crippen molar-refractivity contribution in [2.24, 2.45) is 0 Å². The van der Waals surface area contributed by atoms with Gasteiger partial charge in [-0.15, -0.1) is 0 Å². The quantitative estimate of drug-likeness (QED) is 0.685. The lowest BCUT2D eigenvalue weighted by Gasteiger charge is -2.02. The van der Waals surface area contributed by atoms with Crippen molar-refractivity contribution >= 4 is 27.9 Å². The van der Waals surface area contributed by atoms with Crippen LogP contribution in [0.4, 0.5) is 15.1 Å². The van der Waals surface area contributed by atoms with Crippen LogP contribution in [-0.2, 0) is 0 Å². The first-order chi connectivity index (χ1) is 8.56. The van der Waals surface area contributed by atoms with Crippen molar-refractivity contribution in [2.75, 3.05) is 5.32 Å². The van der Waals surface area contributed by atoms with E-state index in [1.165, 1.54) is 35.7 Å². The van der Waals surface area contributed by atoms with Crippen LogP contribution in [-0.4, -0.2) is 10.8 Å². The lowest BCUT2D eigenvalue weighted by molar-refractivity contribution is -0.380. The summed E-state index contributed by atoms with van der Waals surface area (Å²) in [7, 11) is 0. The molecule has 1 N–H and O–H groups in total. The van der Waals surface area contributed by atoms with Gasteiger partial charge >= 0.3 is 5.00 Å². The maximum Gasteiger partial charge on any atom is 0.324 e. The normalized spacial score (nSPS) is 10.1. The molecule has 2 rings (SSSR count). The Morgan fingerprint density at radius 1 is 1.39 bits per heavy atom. The molecule has 1 heterocycles. The molecular weight excluding hydrogens is 259 g/mol. The Morgan fingerprint density at radius 2 is 2.17 bits per heavy atom. The summed E-state index contributed by atoms with van der Waals surface area (Å²) in [6, 6.07) is 6.59. The maximum absolute atomic E-state index is 12.9. The van der Waals surface area contributed by atoms with Gasteiger partial charge in [-0.2, -0.15) is 0 Å². The Labute approximate surface area is 105 Å². The Kier molecular flexibility index (Phi) is 3.33. The smallest absolute Gasteiger partial charge is 0.322 e. The zero-order chi connectivity index (χ0) is 13.1. The van der Waals surface area contributed by atoms with E-state index in [1.54, 1.807) is 0 Å². The van der Waals surface area contributed by atoms with Crippen molar-refractivity contribution in [3.63, 3.8) is 0 Å². The standard InChI is InChI=1S/C11H7FN2O3S/c12-8-2-1-3-9(5-8)13-11(15)7-4-10(14(16)17)18-6-7/h1-6H,(H,13,15). The Balaban J connectivity index is 2.14. The molecule has 0 saturated heterocycles. The third-order valence-electron chi connectivity index (χ3n) is 2.11. The van der Waals surface area contributed by atoms with Crippen molar-refractivity contribution in [3.05, 3.63) is 57.2 Å². The monoisotopic (exact) mass is 266 g/mol. The van der Waals surface area contributed by atoms with Gasteiger partial charge in [0.05, 0.1) is 10.5 Å². The highest BCUT2D eigenvalue weighted by molar-refractivity contribution is 7.13. The molecule has 0 saturated carbocycles. The number of thiophene rings is 1. The number of halogens is 1. The number of carbonyl (C=O) groups is 1. The van der Waals surface area contributed by atoms with Crippen molar-refractivity contribution in [1.82, 2.24) is 0 Å². The van der Waals surface area contributed by atoms with Crippen LogP contribution in [0.3, 0.4) is 0 Å². The third kappa shape index (κ3) is 2.69. The number of carbonyl (C=O) groups excluding carboxylic acids is 1. The van der Waals surface area contributed by atoms with Crippen molar-refractivity contribution < 1.29 is 14.1 Å². The highest BCUT2D eigenvalue weighted by Crippen LogP contribution is 2.23. The van der Waals surface area contributed by atoms with E-state index in [4.69, 9.17) is 0 Å². The lowest BCUT2D eigenvalue weighted by atomic mass is 10.2. The number of hydrogen-bond acceptors (Lipinski definition) is 4. The van der Waals surface area contributed by atoms with Gasteiger partial charge < -0.3 is 5.32 Å².